The summed E-state index contributed by atoms with van der Waals surface area (Å²) in [7, 11) is 1.64. The Kier molecular flexibility index (Phi) is 4.80. The van der Waals surface area contributed by atoms with Gasteiger partial charge in [0, 0.05) is 12.7 Å². The summed E-state index contributed by atoms with van der Waals surface area (Å²) in [5.74, 6) is -2.29. The number of hydrogen-bond acceptors (Lipinski definition) is 3. The summed E-state index contributed by atoms with van der Waals surface area (Å²) >= 11 is 0. The van der Waals surface area contributed by atoms with Crippen LogP contribution in [0, 0.1) is 5.82 Å². The number of carbonyl (C=O) groups is 2. The lowest BCUT2D eigenvalue weighted by atomic mass is 10.1. The van der Waals surface area contributed by atoms with E-state index in [0.717, 1.165) is 5.56 Å². The van der Waals surface area contributed by atoms with Crippen LogP contribution in [-0.4, -0.2) is 38.8 Å². The van der Waals surface area contributed by atoms with Gasteiger partial charge in [-0.15, -0.1) is 0 Å². The highest BCUT2D eigenvalue weighted by molar-refractivity contribution is 5.96. The predicted octanol–water partition coefficient (Wildman–Crippen LogP) is 1.40. The molecule has 1 amide bonds. The van der Waals surface area contributed by atoms with Gasteiger partial charge in [0.2, 0.25) is 0 Å². The lowest BCUT2D eigenvalue weighted by molar-refractivity contribution is -0.141. The summed E-state index contributed by atoms with van der Waals surface area (Å²) in [4.78, 5) is 23.3. The van der Waals surface area contributed by atoms with E-state index in [1.165, 1.54) is 25.1 Å². The van der Waals surface area contributed by atoms with Gasteiger partial charge in [0.25, 0.3) is 5.91 Å². The smallest absolute Gasteiger partial charge is 0.328 e. The van der Waals surface area contributed by atoms with E-state index >= 15 is 0 Å². The maximum Gasteiger partial charge on any atom is 0.328 e. The molecule has 2 atom stereocenters. The van der Waals surface area contributed by atoms with Gasteiger partial charge in [0.1, 0.15) is 11.5 Å². The van der Waals surface area contributed by atoms with E-state index in [9.17, 15) is 19.1 Å². The van der Waals surface area contributed by atoms with Crippen molar-refractivity contribution in [1.29, 1.82) is 0 Å². The highest BCUT2D eigenvalue weighted by Gasteiger charge is 2.26. The molecule has 7 heteroatoms. The fourth-order valence-electron chi connectivity index (χ4n) is 2.25. The molecule has 0 unspecified atom stereocenters. The molecule has 0 aliphatic heterocycles. The van der Waals surface area contributed by atoms with Gasteiger partial charge in [0.15, 0.2) is 6.04 Å². The number of aliphatic hydroxyl groups is 1. The number of carboxylic acid groups (broad SMARTS) is 1. The van der Waals surface area contributed by atoms with Crippen molar-refractivity contribution in [3.05, 3.63) is 47.9 Å². The molecular formula is C16H17FN2O4. The average molecular weight is 320 g/mol. The number of nitrogens with one attached hydrogen (secondary N) is 1. The number of aromatic nitrogens is 1. The van der Waals surface area contributed by atoms with Crippen molar-refractivity contribution in [1.82, 2.24) is 9.88 Å². The normalized spacial score (nSPS) is 13.4. The highest BCUT2D eigenvalue weighted by Crippen LogP contribution is 2.22. The number of benzene rings is 1. The van der Waals surface area contributed by atoms with Crippen LogP contribution in [0.3, 0.4) is 0 Å². The zero-order valence-electron chi connectivity index (χ0n) is 12.7. The number of nitrogens with zero attached hydrogens (tertiary/aromatic N) is 1. The maximum atomic E-state index is 13.0. The third-order valence-corrected chi connectivity index (χ3v) is 3.53. The Morgan fingerprint density at radius 1 is 1.17 bits per heavy atom. The van der Waals surface area contributed by atoms with Gasteiger partial charge in [-0.05, 0) is 48.9 Å². The van der Waals surface area contributed by atoms with Crippen LogP contribution in [0.4, 0.5) is 4.39 Å². The van der Waals surface area contributed by atoms with Crippen LogP contribution in [0.1, 0.15) is 17.4 Å². The second-order valence-electron chi connectivity index (χ2n) is 5.20. The number of aliphatic hydroxyl groups excluding tert-OH is 1. The zero-order chi connectivity index (χ0) is 17.1. The van der Waals surface area contributed by atoms with Crippen LogP contribution in [0.25, 0.3) is 11.3 Å². The first-order valence-electron chi connectivity index (χ1n) is 6.94. The molecule has 0 fully saturated rings. The molecule has 0 saturated heterocycles. The number of aliphatic carboxylic acids is 1. The van der Waals surface area contributed by atoms with Crippen LogP contribution in [0.15, 0.2) is 36.4 Å². The summed E-state index contributed by atoms with van der Waals surface area (Å²) in [6, 6.07) is 7.62. The second-order valence-corrected chi connectivity index (χ2v) is 5.20. The Balaban J connectivity index is 2.26. The van der Waals surface area contributed by atoms with Gasteiger partial charge in [-0.25, -0.2) is 9.18 Å². The standard InChI is InChI=1S/C16H17FN2O4/c1-9(20)14(16(22)23)18-15(21)13-8-7-12(19(13)2)10-3-5-11(17)6-4-10/h3-9,14,20H,1-2H3,(H,18,21)(H,22,23)/t9-,14+/m1/s1. The minimum absolute atomic E-state index is 0.233. The van der Waals surface area contributed by atoms with E-state index in [2.05, 4.69) is 5.32 Å². The lowest BCUT2D eigenvalue weighted by Crippen LogP contribution is -2.48. The van der Waals surface area contributed by atoms with Crippen LogP contribution in [0.5, 0.6) is 0 Å². The molecule has 0 radical (unpaired) electrons. The number of halogens is 1. The SMILES string of the molecule is C[C@@H](O)[C@H](NC(=O)c1ccc(-c2ccc(F)cc2)n1C)C(=O)O. The summed E-state index contributed by atoms with van der Waals surface area (Å²) in [5, 5.41) is 20.7. The molecule has 0 aliphatic rings. The number of rotatable bonds is 5. The highest BCUT2D eigenvalue weighted by atomic mass is 19.1. The van der Waals surface area contributed by atoms with Crippen molar-refractivity contribution in [2.45, 2.75) is 19.1 Å². The van der Waals surface area contributed by atoms with Crippen molar-refractivity contribution in [2.24, 2.45) is 7.05 Å². The van der Waals surface area contributed by atoms with E-state index in [4.69, 9.17) is 5.11 Å². The molecule has 0 saturated carbocycles. The summed E-state index contributed by atoms with van der Waals surface area (Å²) in [5.41, 5.74) is 1.63. The molecule has 3 N–H and O–H groups in total. The molecule has 122 valence electrons. The van der Waals surface area contributed by atoms with Crippen molar-refractivity contribution in [2.75, 3.05) is 0 Å². The summed E-state index contributed by atoms with van der Waals surface area (Å²) in [6.45, 7) is 1.29. The van der Waals surface area contributed by atoms with Gasteiger partial charge >= 0.3 is 5.97 Å². The van der Waals surface area contributed by atoms with Gasteiger partial charge in [0.05, 0.1) is 6.10 Å². The van der Waals surface area contributed by atoms with Gasteiger partial charge in [-0.1, -0.05) is 0 Å². The topological polar surface area (TPSA) is 91.6 Å². The first-order chi connectivity index (χ1) is 10.8. The largest absolute Gasteiger partial charge is 0.480 e. The minimum Gasteiger partial charge on any atom is -0.480 e. The molecule has 6 nitrogen and oxygen atoms in total. The molecule has 2 rings (SSSR count). The molecule has 0 bridgehead atoms. The van der Waals surface area contributed by atoms with Crippen molar-refractivity contribution >= 4 is 11.9 Å². The molecule has 1 aromatic heterocycles. The fraction of sp³-hybridized carbons (Fsp3) is 0.250. The molecule has 2 aromatic rings. The monoisotopic (exact) mass is 320 g/mol. The number of carboxylic acids is 1. The third-order valence-electron chi connectivity index (χ3n) is 3.53. The molecule has 0 spiro atoms. The molecular weight excluding hydrogens is 303 g/mol. The first-order valence-corrected chi connectivity index (χ1v) is 6.94. The molecule has 23 heavy (non-hydrogen) atoms. The van der Waals surface area contributed by atoms with Crippen LogP contribution < -0.4 is 5.32 Å². The van der Waals surface area contributed by atoms with Gasteiger partial charge < -0.3 is 20.1 Å². The number of carbonyl (C=O) groups excluding carboxylic acids is 1. The third kappa shape index (κ3) is 3.57. The van der Waals surface area contributed by atoms with Gasteiger partial charge in [-0.3, -0.25) is 4.79 Å². The zero-order valence-corrected chi connectivity index (χ0v) is 12.7. The first kappa shape index (κ1) is 16.7. The van der Waals surface area contributed by atoms with Crippen LogP contribution >= 0.6 is 0 Å². The Morgan fingerprint density at radius 3 is 2.30 bits per heavy atom. The molecule has 1 aromatic carbocycles. The maximum absolute atomic E-state index is 13.0. The van der Waals surface area contributed by atoms with Crippen molar-refractivity contribution < 1.29 is 24.2 Å². The lowest BCUT2D eigenvalue weighted by Gasteiger charge is -2.17. The number of hydrogen-bond donors (Lipinski definition) is 3. The Hall–Kier alpha value is -2.67. The van der Waals surface area contributed by atoms with Crippen LogP contribution in [-0.2, 0) is 11.8 Å². The van der Waals surface area contributed by atoms with E-state index in [0.29, 0.717) is 5.69 Å². The van der Waals surface area contributed by atoms with Crippen molar-refractivity contribution in [3.8, 4) is 11.3 Å². The summed E-state index contributed by atoms with van der Waals surface area (Å²) < 4.78 is 14.6. The second kappa shape index (κ2) is 6.62. The van der Waals surface area contributed by atoms with Crippen LogP contribution in [0.2, 0.25) is 0 Å². The van der Waals surface area contributed by atoms with E-state index in [1.54, 1.807) is 29.8 Å². The minimum atomic E-state index is -1.40. The molecule has 0 aliphatic carbocycles. The summed E-state index contributed by atoms with van der Waals surface area (Å²) in [6.07, 6.45) is -1.23. The predicted molar refractivity (Wildman–Crippen MR) is 81.4 cm³/mol. The Labute approximate surface area is 132 Å². The van der Waals surface area contributed by atoms with Gasteiger partial charge in [-0.2, -0.15) is 0 Å². The quantitative estimate of drug-likeness (QED) is 0.776. The van der Waals surface area contributed by atoms with Crippen molar-refractivity contribution in [3.63, 3.8) is 0 Å². The van der Waals surface area contributed by atoms with E-state index in [1.807, 2.05) is 0 Å². The Morgan fingerprint density at radius 2 is 1.78 bits per heavy atom. The molecule has 1 heterocycles. The average Bonchev–Trinajstić information content (AvgIpc) is 2.86. The fourth-order valence-corrected chi connectivity index (χ4v) is 2.25. The Bertz CT molecular complexity index is 722. The van der Waals surface area contributed by atoms with E-state index in [-0.39, 0.29) is 11.5 Å². The van der Waals surface area contributed by atoms with E-state index < -0.39 is 24.0 Å². The number of amides is 1.